The molecule has 0 aromatic heterocycles. The highest BCUT2D eigenvalue weighted by molar-refractivity contribution is 5.64. The van der Waals surface area contributed by atoms with Gasteiger partial charge in [-0.2, -0.15) is 0 Å². The van der Waals surface area contributed by atoms with Crippen LogP contribution in [0.3, 0.4) is 0 Å². The van der Waals surface area contributed by atoms with Crippen molar-refractivity contribution < 1.29 is 29.2 Å². The molecule has 3 atom stereocenters. The molecule has 0 aliphatic rings. The third-order valence-electron chi connectivity index (χ3n) is 6.20. The monoisotopic (exact) mass is 482 g/mol. The molecule has 1 amide bonds. The van der Waals surface area contributed by atoms with E-state index >= 15 is 0 Å². The van der Waals surface area contributed by atoms with Gasteiger partial charge in [-0.3, -0.25) is 0 Å². The van der Waals surface area contributed by atoms with Crippen molar-refractivity contribution >= 4 is 6.09 Å². The lowest BCUT2D eigenvalue weighted by molar-refractivity contribution is 0.0738. The van der Waals surface area contributed by atoms with Gasteiger partial charge in [0.25, 0.3) is 0 Å². The number of unbranched alkanes of at least 4 members (excludes halogenated alkanes) is 2. The van der Waals surface area contributed by atoms with E-state index in [1.807, 2.05) is 18.2 Å². The predicted octanol–water partition coefficient (Wildman–Crippen LogP) is 4.17. The fraction of sp³-hybridized carbons (Fsp3) is 0.731. The average Bonchev–Trinajstić information content (AvgIpc) is 2.80. The summed E-state index contributed by atoms with van der Waals surface area (Å²) >= 11 is 0. The number of nitrogens with zero attached hydrogens (tertiary/aromatic N) is 1. The maximum absolute atomic E-state index is 11.6. The number of carboxylic acid groups (broad SMARTS) is 1. The zero-order valence-corrected chi connectivity index (χ0v) is 21.7. The highest BCUT2D eigenvalue weighted by atomic mass is 16.5. The van der Waals surface area contributed by atoms with Gasteiger partial charge < -0.3 is 35.1 Å². The third-order valence-corrected chi connectivity index (χ3v) is 6.20. The number of ether oxygens (including phenoxy) is 3. The summed E-state index contributed by atoms with van der Waals surface area (Å²) < 4.78 is 16.4. The van der Waals surface area contributed by atoms with Crippen molar-refractivity contribution in [1.82, 2.24) is 4.90 Å². The Hall–Kier alpha value is -2.03. The minimum Gasteiger partial charge on any atom is -0.493 e. The summed E-state index contributed by atoms with van der Waals surface area (Å²) in [5.41, 5.74) is 7.46. The Bertz CT molecular complexity index is 700. The molecule has 0 fully saturated rings. The summed E-state index contributed by atoms with van der Waals surface area (Å²) in [7, 11) is 3.29. The van der Waals surface area contributed by atoms with E-state index in [9.17, 15) is 15.0 Å². The average molecular weight is 483 g/mol. The van der Waals surface area contributed by atoms with Gasteiger partial charge >= 0.3 is 6.09 Å². The smallest absolute Gasteiger partial charge is 0.407 e. The van der Waals surface area contributed by atoms with Crippen molar-refractivity contribution in [3.63, 3.8) is 0 Å². The minimum absolute atomic E-state index is 0.0347. The van der Waals surface area contributed by atoms with Crippen LogP contribution in [-0.2, 0) is 11.2 Å². The fourth-order valence-corrected chi connectivity index (χ4v) is 3.93. The first-order valence-corrected chi connectivity index (χ1v) is 12.4. The van der Waals surface area contributed by atoms with Crippen LogP contribution in [0.5, 0.6) is 11.5 Å². The largest absolute Gasteiger partial charge is 0.493 e. The number of carbonyl (C=O) groups is 1. The molecule has 34 heavy (non-hydrogen) atoms. The quantitative estimate of drug-likeness (QED) is 0.269. The van der Waals surface area contributed by atoms with Crippen LogP contribution in [0.1, 0.15) is 58.4 Å². The van der Waals surface area contributed by atoms with E-state index in [1.54, 1.807) is 14.2 Å². The van der Waals surface area contributed by atoms with Gasteiger partial charge in [-0.15, -0.1) is 0 Å². The Morgan fingerprint density at radius 3 is 2.44 bits per heavy atom. The van der Waals surface area contributed by atoms with E-state index in [2.05, 4.69) is 20.8 Å². The Kier molecular flexibility index (Phi) is 14.6. The maximum atomic E-state index is 11.6. The van der Waals surface area contributed by atoms with Crippen molar-refractivity contribution in [3.8, 4) is 11.5 Å². The number of benzene rings is 1. The Labute approximate surface area is 205 Å². The van der Waals surface area contributed by atoms with Crippen molar-refractivity contribution in [3.05, 3.63) is 23.8 Å². The number of hydrogen-bond acceptors (Lipinski definition) is 6. The van der Waals surface area contributed by atoms with Gasteiger partial charge in [-0.05, 0) is 48.8 Å². The van der Waals surface area contributed by atoms with E-state index in [1.165, 1.54) is 4.90 Å². The first-order chi connectivity index (χ1) is 16.2. The molecule has 0 radical (unpaired) electrons. The molecule has 0 aliphatic heterocycles. The lowest BCUT2D eigenvalue weighted by Crippen LogP contribution is -2.46. The molecule has 1 aromatic carbocycles. The number of aliphatic hydroxyl groups excluding tert-OH is 1. The molecular weight excluding hydrogens is 436 g/mol. The molecule has 196 valence electrons. The second kappa shape index (κ2) is 16.6. The van der Waals surface area contributed by atoms with Gasteiger partial charge in [0.05, 0.1) is 26.4 Å². The SMILES string of the molecule is CCCCCN(C[C@H](O)[C@@H](N)C[C@H](Cc1ccc(OC)c(OCCCOC)c1)C(C)C)C(=O)O. The molecule has 0 saturated carbocycles. The normalized spacial score (nSPS) is 14.0. The van der Waals surface area contributed by atoms with Crippen molar-refractivity contribution in [2.24, 2.45) is 17.6 Å². The maximum Gasteiger partial charge on any atom is 0.407 e. The lowest BCUT2D eigenvalue weighted by Gasteiger charge is -2.30. The molecule has 0 heterocycles. The van der Waals surface area contributed by atoms with Gasteiger partial charge in [0.15, 0.2) is 11.5 Å². The van der Waals surface area contributed by atoms with Crippen LogP contribution >= 0.6 is 0 Å². The lowest BCUT2D eigenvalue weighted by atomic mass is 9.83. The summed E-state index contributed by atoms with van der Waals surface area (Å²) in [6.45, 7) is 7.98. The fourth-order valence-electron chi connectivity index (χ4n) is 3.93. The van der Waals surface area contributed by atoms with Crippen LogP contribution in [0, 0.1) is 11.8 Å². The summed E-state index contributed by atoms with van der Waals surface area (Å²) in [5, 5.41) is 20.1. The Morgan fingerprint density at radius 2 is 1.85 bits per heavy atom. The topological polar surface area (TPSA) is 114 Å². The van der Waals surface area contributed by atoms with Crippen LogP contribution < -0.4 is 15.2 Å². The number of amides is 1. The second-order valence-electron chi connectivity index (χ2n) is 9.29. The number of aliphatic hydroxyl groups is 1. The standard InChI is InChI=1S/C26H46N2O6/c1-6-7-8-12-28(26(30)31)18-23(29)22(27)17-21(19(2)3)15-20-10-11-24(33-5)25(16-20)34-14-9-13-32-4/h10-11,16,19,21-23,29H,6-9,12-15,17-18,27H2,1-5H3,(H,30,31)/t21-,22-,23-/m0/s1. The molecule has 0 bridgehead atoms. The summed E-state index contributed by atoms with van der Waals surface area (Å²) in [5.74, 6) is 1.95. The van der Waals surface area contributed by atoms with Crippen LogP contribution in [0.15, 0.2) is 18.2 Å². The third kappa shape index (κ3) is 10.9. The minimum atomic E-state index is -1.01. The van der Waals surface area contributed by atoms with E-state index in [0.717, 1.165) is 37.7 Å². The predicted molar refractivity (Wildman–Crippen MR) is 135 cm³/mol. The van der Waals surface area contributed by atoms with Gasteiger partial charge in [0.2, 0.25) is 0 Å². The number of methoxy groups -OCH3 is 2. The van der Waals surface area contributed by atoms with Crippen molar-refractivity contribution in [2.45, 2.75) is 71.4 Å². The molecule has 1 aromatic rings. The number of hydrogen-bond donors (Lipinski definition) is 3. The number of nitrogens with two attached hydrogens (primary N) is 1. The molecule has 8 nitrogen and oxygen atoms in total. The Morgan fingerprint density at radius 1 is 1.12 bits per heavy atom. The van der Waals surface area contributed by atoms with Crippen molar-refractivity contribution in [2.75, 3.05) is 40.5 Å². The molecule has 4 N–H and O–H groups in total. The van der Waals surface area contributed by atoms with Gasteiger partial charge in [0.1, 0.15) is 0 Å². The zero-order valence-electron chi connectivity index (χ0n) is 21.7. The second-order valence-corrected chi connectivity index (χ2v) is 9.29. The molecule has 1 rings (SSSR count). The highest BCUT2D eigenvalue weighted by Gasteiger charge is 2.26. The van der Waals surface area contributed by atoms with Crippen LogP contribution in [0.4, 0.5) is 4.79 Å². The van der Waals surface area contributed by atoms with Gasteiger partial charge in [0, 0.05) is 32.7 Å². The molecule has 0 aliphatic carbocycles. The molecule has 8 heteroatoms. The highest BCUT2D eigenvalue weighted by Crippen LogP contribution is 2.31. The summed E-state index contributed by atoms with van der Waals surface area (Å²) in [4.78, 5) is 12.8. The number of rotatable bonds is 18. The van der Waals surface area contributed by atoms with E-state index in [0.29, 0.717) is 43.6 Å². The van der Waals surface area contributed by atoms with E-state index < -0.39 is 18.2 Å². The van der Waals surface area contributed by atoms with Gasteiger partial charge in [-0.25, -0.2) is 4.79 Å². The van der Waals surface area contributed by atoms with E-state index in [-0.39, 0.29) is 12.5 Å². The zero-order chi connectivity index (χ0) is 25.5. The van der Waals surface area contributed by atoms with Crippen LogP contribution in [0.25, 0.3) is 0 Å². The molecular formula is C26H46N2O6. The first-order valence-electron chi connectivity index (χ1n) is 12.4. The Balaban J connectivity index is 2.79. The first kappa shape index (κ1) is 30.0. The summed E-state index contributed by atoms with van der Waals surface area (Å²) in [6.07, 6.45) is 2.99. The molecule has 0 saturated heterocycles. The van der Waals surface area contributed by atoms with Gasteiger partial charge in [-0.1, -0.05) is 39.7 Å². The molecule has 0 unspecified atom stereocenters. The van der Waals surface area contributed by atoms with Crippen molar-refractivity contribution in [1.29, 1.82) is 0 Å². The van der Waals surface area contributed by atoms with E-state index in [4.69, 9.17) is 19.9 Å². The summed E-state index contributed by atoms with van der Waals surface area (Å²) in [6, 6.07) is 5.43. The van der Waals surface area contributed by atoms with Crippen LogP contribution in [0.2, 0.25) is 0 Å². The molecule has 0 spiro atoms. The van der Waals surface area contributed by atoms with Crippen LogP contribution in [-0.4, -0.2) is 73.9 Å².